The molecule has 2 aliphatic rings. The number of ether oxygens (including phenoxy) is 1. The van der Waals surface area contributed by atoms with Gasteiger partial charge in [0.25, 0.3) is 0 Å². The quantitative estimate of drug-likeness (QED) is 0.124. The van der Waals surface area contributed by atoms with Crippen LogP contribution in [0.3, 0.4) is 0 Å². The number of phenols is 1. The van der Waals surface area contributed by atoms with Gasteiger partial charge in [0.1, 0.15) is 0 Å². The number of carbonyl (C=O) groups is 1. The van der Waals surface area contributed by atoms with Crippen molar-refractivity contribution in [3.05, 3.63) is 60.3 Å². The van der Waals surface area contributed by atoms with E-state index in [1.807, 2.05) is 29.2 Å². The zero-order valence-corrected chi connectivity index (χ0v) is 25.0. The van der Waals surface area contributed by atoms with E-state index in [4.69, 9.17) is 14.7 Å². The zero-order chi connectivity index (χ0) is 27.5. The van der Waals surface area contributed by atoms with Crippen LogP contribution >= 0.6 is 0 Å². The molecule has 3 heterocycles. The number of phenolic OH excluding ortho intramolecular Hbond substituents is 1. The summed E-state index contributed by atoms with van der Waals surface area (Å²) in [5.74, 6) is 1.20. The summed E-state index contributed by atoms with van der Waals surface area (Å²) in [4.78, 5) is 28.3. The van der Waals surface area contributed by atoms with Gasteiger partial charge in [-0.25, -0.2) is 0 Å². The first-order chi connectivity index (χ1) is 18.8. The minimum atomic E-state index is -0.469. The van der Waals surface area contributed by atoms with Crippen molar-refractivity contribution < 1.29 is 36.1 Å². The number of anilines is 2. The number of nitrogens with zero attached hydrogens (tertiary/aromatic N) is 6. The number of amides is 1. The molecule has 1 amide bonds. The molecule has 1 unspecified atom stereocenters. The molecule has 1 N–H and O–H groups in total. The van der Waals surface area contributed by atoms with Crippen molar-refractivity contribution in [1.82, 2.24) is 19.8 Å². The van der Waals surface area contributed by atoms with E-state index in [1.54, 1.807) is 6.07 Å². The average molecular weight is 644 g/mol. The maximum absolute atomic E-state index is 12.2. The van der Waals surface area contributed by atoms with Crippen molar-refractivity contribution in [2.75, 3.05) is 52.8 Å². The van der Waals surface area contributed by atoms with E-state index < -0.39 is 21.5 Å². The Morgan fingerprint density at radius 2 is 2.05 bits per heavy atom. The van der Waals surface area contributed by atoms with Gasteiger partial charge in [0, 0.05) is 0 Å². The molecule has 1 aromatic heterocycles. The van der Waals surface area contributed by atoms with E-state index >= 15 is 0 Å². The van der Waals surface area contributed by atoms with Gasteiger partial charge in [0.2, 0.25) is 0 Å². The Labute approximate surface area is 240 Å². The van der Waals surface area contributed by atoms with Crippen molar-refractivity contribution >= 4 is 28.2 Å². The summed E-state index contributed by atoms with van der Waals surface area (Å²) in [6, 6.07) is 12.2. The first kappa shape index (κ1) is 27.4. The average Bonchev–Trinajstić information content (AvgIpc) is 2.94. The van der Waals surface area contributed by atoms with Crippen LogP contribution in [-0.4, -0.2) is 81.7 Å². The fraction of sp³-hybridized carbons (Fsp3) is 0.414. The molecule has 1 saturated heterocycles. The van der Waals surface area contributed by atoms with Crippen LogP contribution in [0.5, 0.6) is 11.8 Å². The number of aromatic hydroxyl groups is 1. The molecule has 0 radical (unpaired) electrons. The number of fused-ring (bicyclic) bond motifs is 2. The van der Waals surface area contributed by atoms with E-state index in [1.165, 1.54) is 6.08 Å². The fourth-order valence-corrected chi connectivity index (χ4v) is 7.67. The molecule has 10 heteroatoms. The molecule has 0 aliphatic carbocycles. The van der Waals surface area contributed by atoms with Gasteiger partial charge in [-0.15, -0.1) is 0 Å². The van der Waals surface area contributed by atoms with Gasteiger partial charge in [-0.3, -0.25) is 0 Å². The molecule has 39 heavy (non-hydrogen) atoms. The number of rotatable bonds is 8. The fourth-order valence-electron chi connectivity index (χ4n) is 4.98. The van der Waals surface area contributed by atoms with Gasteiger partial charge in [0.05, 0.1) is 0 Å². The number of carbonyl (C=O) groups excluding carboxylic acids is 1. The molecule has 208 valence electrons. The summed E-state index contributed by atoms with van der Waals surface area (Å²) in [5.41, 5.74) is 3.12. The summed E-state index contributed by atoms with van der Waals surface area (Å²) in [6.45, 7) is 9.41. The van der Waals surface area contributed by atoms with Crippen molar-refractivity contribution in [3.8, 4) is 11.8 Å². The predicted molar refractivity (Wildman–Crippen MR) is 150 cm³/mol. The summed E-state index contributed by atoms with van der Waals surface area (Å²) in [7, 11) is 4.11. The Morgan fingerprint density at radius 3 is 2.79 bits per heavy atom. The summed E-state index contributed by atoms with van der Waals surface area (Å²) >= 11 is -0.469. The van der Waals surface area contributed by atoms with E-state index in [2.05, 4.69) is 46.6 Å². The van der Waals surface area contributed by atoms with Crippen LogP contribution in [0.2, 0.25) is 0 Å². The second-order valence-corrected chi connectivity index (χ2v) is 12.8. The third kappa shape index (κ3) is 6.22. The molecule has 1 fully saturated rings. The molecule has 0 saturated carbocycles. The SMILES string of the molecule is C=CC(=O)N1CCN(c2nc(OC(C)CCN(C)C)nc3c2CCN(c2cc(O)cc4ccccc24)C3)[I-]C1. The molecule has 1 atom stereocenters. The number of benzene rings is 2. The van der Waals surface area contributed by atoms with E-state index in [-0.39, 0.29) is 17.8 Å². The molecule has 5 rings (SSSR count). The van der Waals surface area contributed by atoms with Crippen molar-refractivity contribution in [2.24, 2.45) is 0 Å². The van der Waals surface area contributed by atoms with E-state index in [0.29, 0.717) is 19.1 Å². The first-order valence-corrected chi connectivity index (χ1v) is 15.8. The minimum absolute atomic E-state index is 0.00760. The number of alkyl halides is 1. The van der Waals surface area contributed by atoms with Gasteiger partial charge in [-0.05, 0) is 0 Å². The number of hydrogen-bond acceptors (Lipinski definition) is 8. The van der Waals surface area contributed by atoms with E-state index in [9.17, 15) is 9.90 Å². The van der Waals surface area contributed by atoms with Gasteiger partial charge in [-0.1, -0.05) is 0 Å². The standard InChI is InChI=1S/C29H36IN6O3/c1-5-27(38)35-14-15-36(30-19-35)28-24-11-13-34(26-17-22(37)16-21-8-6-7-9-23(21)26)18-25(24)31-29(32-28)39-20(2)10-12-33(3)4/h5-9,16-17,20,37H,1,10-15,18-19H2,2-4H3/q-1. The summed E-state index contributed by atoms with van der Waals surface area (Å²) in [5, 5.41) is 12.6. The van der Waals surface area contributed by atoms with Crippen LogP contribution in [0.25, 0.3) is 10.8 Å². The Morgan fingerprint density at radius 1 is 1.23 bits per heavy atom. The van der Waals surface area contributed by atoms with E-state index in [0.717, 1.165) is 70.6 Å². The summed E-state index contributed by atoms with van der Waals surface area (Å²) in [6.07, 6.45) is 3.04. The van der Waals surface area contributed by atoms with Crippen molar-refractivity contribution in [1.29, 1.82) is 0 Å². The normalized spacial score (nSPS) is 16.6. The van der Waals surface area contributed by atoms with Crippen LogP contribution in [0.4, 0.5) is 11.5 Å². The van der Waals surface area contributed by atoms with Crippen LogP contribution in [-0.2, 0) is 17.8 Å². The Hall–Kier alpha value is -3.12. The third-order valence-corrected chi connectivity index (χ3v) is 9.99. The summed E-state index contributed by atoms with van der Waals surface area (Å²) < 4.78 is 9.37. The Balaban J connectivity index is 1.46. The molecule has 2 aliphatic heterocycles. The molecular weight excluding hydrogens is 607 g/mol. The number of aromatic nitrogens is 2. The zero-order valence-electron chi connectivity index (χ0n) is 22.8. The van der Waals surface area contributed by atoms with Crippen molar-refractivity contribution in [2.45, 2.75) is 32.4 Å². The van der Waals surface area contributed by atoms with Gasteiger partial charge in [-0.2, -0.15) is 0 Å². The van der Waals surface area contributed by atoms with Crippen LogP contribution in [0.15, 0.2) is 49.1 Å². The molecule has 2 aromatic carbocycles. The van der Waals surface area contributed by atoms with Crippen LogP contribution < -0.4 is 34.2 Å². The topological polar surface area (TPSA) is 85.3 Å². The number of hydrogen-bond donors (Lipinski definition) is 1. The van der Waals surface area contributed by atoms with Crippen LogP contribution in [0.1, 0.15) is 24.6 Å². The second kappa shape index (κ2) is 12.0. The number of halogens is 1. The van der Waals surface area contributed by atoms with Crippen LogP contribution in [0, 0.1) is 0 Å². The monoisotopic (exact) mass is 643 g/mol. The predicted octanol–water partition coefficient (Wildman–Crippen LogP) is 0.413. The van der Waals surface area contributed by atoms with Gasteiger partial charge >= 0.3 is 241 Å². The van der Waals surface area contributed by atoms with Gasteiger partial charge < -0.3 is 0 Å². The molecule has 9 nitrogen and oxygen atoms in total. The Kier molecular flexibility index (Phi) is 8.41. The van der Waals surface area contributed by atoms with Gasteiger partial charge in [0.15, 0.2) is 0 Å². The first-order valence-electron chi connectivity index (χ1n) is 13.3. The molecular formula is C29H36IN6O3-. The maximum atomic E-state index is 12.2. The molecule has 0 bridgehead atoms. The molecule has 0 spiro atoms. The molecule has 3 aromatic rings. The van der Waals surface area contributed by atoms with Crippen molar-refractivity contribution in [3.63, 3.8) is 0 Å². The third-order valence-electron chi connectivity index (χ3n) is 7.10. The second-order valence-electron chi connectivity index (χ2n) is 10.3. The Bertz CT molecular complexity index is 1360.